The zero-order valence-corrected chi connectivity index (χ0v) is 12.0. The number of esters is 1. The van der Waals surface area contributed by atoms with Crippen LogP contribution in [0.15, 0.2) is 9.64 Å². The zero-order chi connectivity index (χ0) is 13.6. The highest BCUT2D eigenvalue weighted by Crippen LogP contribution is 2.21. The van der Waals surface area contributed by atoms with Crippen molar-refractivity contribution in [3.8, 4) is 0 Å². The molecule has 0 saturated heterocycles. The molecule has 0 radical (unpaired) electrons. The van der Waals surface area contributed by atoms with Crippen molar-refractivity contribution in [2.24, 2.45) is 0 Å². The zero-order valence-electron chi connectivity index (χ0n) is 11.1. The van der Waals surface area contributed by atoms with Gasteiger partial charge in [0.1, 0.15) is 5.54 Å². The smallest absolute Gasteiger partial charge is 0.325 e. The van der Waals surface area contributed by atoms with E-state index in [4.69, 9.17) is 9.15 Å². The first-order valence-electron chi connectivity index (χ1n) is 5.78. The van der Waals surface area contributed by atoms with Gasteiger partial charge in [-0.05, 0) is 19.9 Å². The van der Waals surface area contributed by atoms with E-state index in [0.29, 0.717) is 29.8 Å². The summed E-state index contributed by atoms with van der Waals surface area (Å²) in [5.41, 5.74) is -0.675. The monoisotopic (exact) mass is 273 g/mol. The number of thioether (sulfide) groups is 1. The lowest BCUT2D eigenvalue weighted by molar-refractivity contribution is -0.148. The number of hydrogen-bond acceptors (Lipinski definition) is 7. The standard InChI is InChI=1S/C11H19N3O3S/c1-5-12-11(3,9(15)16-4)6-7-18-10-14-13-8(2)17-10/h12H,5-7H2,1-4H3. The molecule has 1 aromatic rings. The fourth-order valence-electron chi connectivity index (χ4n) is 1.56. The van der Waals surface area contributed by atoms with Crippen molar-refractivity contribution < 1.29 is 13.9 Å². The number of rotatable bonds is 7. The van der Waals surface area contributed by atoms with Gasteiger partial charge in [0.05, 0.1) is 7.11 Å². The SMILES string of the molecule is CCNC(C)(CCSc1nnc(C)o1)C(=O)OC. The van der Waals surface area contributed by atoms with Crippen molar-refractivity contribution in [1.82, 2.24) is 15.5 Å². The molecule has 7 heteroatoms. The van der Waals surface area contributed by atoms with Crippen LogP contribution < -0.4 is 5.32 Å². The second-order valence-electron chi connectivity index (χ2n) is 4.04. The van der Waals surface area contributed by atoms with Gasteiger partial charge in [-0.2, -0.15) is 0 Å². The molecule has 18 heavy (non-hydrogen) atoms. The summed E-state index contributed by atoms with van der Waals surface area (Å²) < 4.78 is 10.1. The van der Waals surface area contributed by atoms with Crippen LogP contribution in [0.1, 0.15) is 26.2 Å². The molecule has 0 aliphatic rings. The molecule has 0 spiro atoms. The summed E-state index contributed by atoms with van der Waals surface area (Å²) in [6.07, 6.45) is 0.625. The van der Waals surface area contributed by atoms with Crippen molar-refractivity contribution in [2.75, 3.05) is 19.4 Å². The molecule has 0 saturated carbocycles. The highest BCUT2D eigenvalue weighted by atomic mass is 32.2. The van der Waals surface area contributed by atoms with E-state index in [1.807, 2.05) is 13.8 Å². The lowest BCUT2D eigenvalue weighted by Crippen LogP contribution is -2.50. The third kappa shape index (κ3) is 3.99. The number of likely N-dealkylation sites (N-methyl/N-ethyl adjacent to an activating group) is 1. The number of aromatic nitrogens is 2. The summed E-state index contributed by atoms with van der Waals surface area (Å²) in [6.45, 7) is 6.24. The Hall–Kier alpha value is -1.08. The van der Waals surface area contributed by atoms with Gasteiger partial charge in [0.25, 0.3) is 5.22 Å². The first-order chi connectivity index (χ1) is 8.51. The highest BCUT2D eigenvalue weighted by molar-refractivity contribution is 7.99. The van der Waals surface area contributed by atoms with Crippen molar-refractivity contribution >= 4 is 17.7 Å². The molecule has 0 aliphatic carbocycles. The van der Waals surface area contributed by atoms with Gasteiger partial charge in [0.2, 0.25) is 5.89 Å². The quantitative estimate of drug-likeness (QED) is 0.594. The molecule has 1 heterocycles. The molecule has 1 rings (SSSR count). The van der Waals surface area contributed by atoms with Crippen LogP contribution in [0.3, 0.4) is 0 Å². The van der Waals surface area contributed by atoms with Crippen molar-refractivity contribution in [1.29, 1.82) is 0 Å². The molecule has 0 aromatic carbocycles. The van der Waals surface area contributed by atoms with Crippen LogP contribution in [-0.4, -0.2) is 41.1 Å². The first kappa shape index (κ1) is 15.0. The molecule has 1 N–H and O–H groups in total. The average Bonchev–Trinajstić information content (AvgIpc) is 2.74. The van der Waals surface area contributed by atoms with E-state index in [1.54, 1.807) is 6.92 Å². The molecule has 1 atom stereocenters. The fourth-order valence-corrected chi connectivity index (χ4v) is 2.52. The van der Waals surface area contributed by atoms with Crippen LogP contribution in [0.4, 0.5) is 0 Å². The maximum Gasteiger partial charge on any atom is 0.325 e. The van der Waals surface area contributed by atoms with E-state index in [2.05, 4.69) is 15.5 Å². The summed E-state index contributed by atoms with van der Waals surface area (Å²) in [6, 6.07) is 0. The van der Waals surface area contributed by atoms with E-state index in [-0.39, 0.29) is 5.97 Å². The first-order valence-corrected chi connectivity index (χ1v) is 6.76. The predicted molar refractivity (Wildman–Crippen MR) is 68.5 cm³/mol. The number of carbonyl (C=O) groups is 1. The summed E-state index contributed by atoms with van der Waals surface area (Å²) in [7, 11) is 1.40. The molecular weight excluding hydrogens is 254 g/mol. The molecule has 0 bridgehead atoms. The van der Waals surface area contributed by atoms with Gasteiger partial charge in [0.15, 0.2) is 0 Å². The minimum absolute atomic E-state index is 0.258. The van der Waals surface area contributed by atoms with Crippen LogP contribution >= 0.6 is 11.8 Å². The van der Waals surface area contributed by atoms with Gasteiger partial charge in [-0.25, -0.2) is 0 Å². The highest BCUT2D eigenvalue weighted by Gasteiger charge is 2.32. The number of nitrogens with zero attached hydrogens (tertiary/aromatic N) is 2. The van der Waals surface area contributed by atoms with Gasteiger partial charge in [0, 0.05) is 12.7 Å². The Morgan fingerprint density at radius 3 is 2.78 bits per heavy atom. The largest absolute Gasteiger partial charge is 0.468 e. The van der Waals surface area contributed by atoms with Crippen LogP contribution in [0.2, 0.25) is 0 Å². The summed E-state index contributed by atoms with van der Waals surface area (Å²) in [5, 5.41) is 11.3. The summed E-state index contributed by atoms with van der Waals surface area (Å²) in [4.78, 5) is 11.7. The van der Waals surface area contributed by atoms with Crippen LogP contribution in [0, 0.1) is 6.92 Å². The molecule has 102 valence electrons. The lowest BCUT2D eigenvalue weighted by Gasteiger charge is -2.27. The average molecular weight is 273 g/mol. The molecule has 1 unspecified atom stereocenters. The maximum absolute atomic E-state index is 11.7. The fraction of sp³-hybridized carbons (Fsp3) is 0.727. The van der Waals surface area contributed by atoms with Gasteiger partial charge in [-0.1, -0.05) is 18.7 Å². The molecular formula is C11H19N3O3S. The Bertz CT molecular complexity index is 397. The molecule has 0 aliphatic heterocycles. The summed E-state index contributed by atoms with van der Waals surface area (Å²) in [5.74, 6) is 0.979. The van der Waals surface area contributed by atoms with E-state index in [0.717, 1.165) is 0 Å². The number of aryl methyl sites for hydroxylation is 1. The van der Waals surface area contributed by atoms with E-state index in [9.17, 15) is 4.79 Å². The molecule has 0 fully saturated rings. The van der Waals surface area contributed by atoms with Crippen molar-refractivity contribution in [3.05, 3.63) is 5.89 Å². The number of nitrogens with one attached hydrogen (secondary N) is 1. The second-order valence-corrected chi connectivity index (χ2v) is 5.09. The van der Waals surface area contributed by atoms with E-state index in [1.165, 1.54) is 18.9 Å². The number of hydrogen-bond donors (Lipinski definition) is 1. The Labute approximate surface area is 111 Å². The lowest BCUT2D eigenvalue weighted by atomic mass is 9.99. The van der Waals surface area contributed by atoms with Gasteiger partial charge in [-0.3, -0.25) is 4.79 Å². The minimum Gasteiger partial charge on any atom is -0.468 e. The topological polar surface area (TPSA) is 77.3 Å². The molecule has 1 aromatic heterocycles. The Morgan fingerprint density at radius 1 is 1.56 bits per heavy atom. The van der Waals surface area contributed by atoms with Crippen LogP contribution in [-0.2, 0) is 9.53 Å². The van der Waals surface area contributed by atoms with Gasteiger partial charge in [-0.15, -0.1) is 10.2 Å². The second kappa shape index (κ2) is 6.75. The minimum atomic E-state index is -0.675. The number of carbonyl (C=O) groups excluding carboxylic acids is 1. The van der Waals surface area contributed by atoms with Gasteiger partial charge < -0.3 is 14.5 Å². The van der Waals surface area contributed by atoms with E-state index < -0.39 is 5.54 Å². The summed E-state index contributed by atoms with van der Waals surface area (Å²) >= 11 is 1.43. The normalized spacial score (nSPS) is 14.2. The maximum atomic E-state index is 11.7. The predicted octanol–water partition coefficient (Wildman–Crippen LogP) is 1.40. The number of ether oxygens (including phenoxy) is 1. The molecule has 0 amide bonds. The third-order valence-electron chi connectivity index (χ3n) is 2.54. The van der Waals surface area contributed by atoms with Crippen LogP contribution in [0.5, 0.6) is 0 Å². The Morgan fingerprint density at radius 2 is 2.28 bits per heavy atom. The Balaban J connectivity index is 2.49. The molecule has 6 nitrogen and oxygen atoms in total. The number of methoxy groups -OCH3 is 1. The van der Waals surface area contributed by atoms with Crippen molar-refractivity contribution in [2.45, 2.75) is 38.0 Å². The third-order valence-corrected chi connectivity index (χ3v) is 3.36. The van der Waals surface area contributed by atoms with E-state index >= 15 is 0 Å². The van der Waals surface area contributed by atoms with Gasteiger partial charge >= 0.3 is 5.97 Å². The Kier molecular flexibility index (Phi) is 5.61. The van der Waals surface area contributed by atoms with Crippen molar-refractivity contribution in [3.63, 3.8) is 0 Å². The van der Waals surface area contributed by atoms with Crippen LogP contribution in [0.25, 0.3) is 0 Å².